The van der Waals surface area contributed by atoms with E-state index in [-0.39, 0.29) is 50.7 Å². The fraction of sp³-hybridized carbons (Fsp3) is 0.409. The van der Waals surface area contributed by atoms with Crippen LogP contribution in [0.3, 0.4) is 0 Å². The Balaban J connectivity index is 0.000000150. The summed E-state index contributed by atoms with van der Waals surface area (Å²) in [6.07, 6.45) is -0.966. The Bertz CT molecular complexity index is 2390. The summed E-state index contributed by atoms with van der Waals surface area (Å²) in [5, 5.41) is 52.3. The number of imide groups is 2. The fourth-order valence-electron chi connectivity index (χ4n) is 11.2. The summed E-state index contributed by atoms with van der Waals surface area (Å²) < 4.78 is 12.2. The molecule has 14 heteroatoms. The molecular formula is C44H40N4O10. The third-order valence-electron chi connectivity index (χ3n) is 13.8. The van der Waals surface area contributed by atoms with E-state index in [1.807, 2.05) is 6.07 Å². The van der Waals surface area contributed by atoms with E-state index in [0.29, 0.717) is 44.2 Å². The van der Waals surface area contributed by atoms with Crippen LogP contribution < -0.4 is 9.80 Å². The van der Waals surface area contributed by atoms with E-state index in [1.165, 1.54) is 9.80 Å². The maximum atomic E-state index is 13.5. The lowest BCUT2D eigenvalue weighted by molar-refractivity contribution is -0.135. The Morgan fingerprint density at radius 1 is 0.672 bits per heavy atom. The van der Waals surface area contributed by atoms with Crippen molar-refractivity contribution in [2.75, 3.05) is 23.0 Å². The van der Waals surface area contributed by atoms with Gasteiger partial charge in [0, 0.05) is 49.7 Å². The van der Waals surface area contributed by atoms with Crippen LogP contribution in [-0.2, 0) is 28.7 Å². The van der Waals surface area contributed by atoms with Crippen LogP contribution in [0.15, 0.2) is 72.8 Å². The minimum Gasteiger partial charge on any atom is -0.396 e. The highest BCUT2D eigenvalue weighted by molar-refractivity contribution is 6.27. The Morgan fingerprint density at radius 3 is 1.53 bits per heavy atom. The molecule has 0 saturated carbocycles. The first-order chi connectivity index (χ1) is 27.8. The highest BCUT2D eigenvalue weighted by atomic mass is 16.6. The number of carbonyl (C=O) groups excluding carboxylic acids is 4. The number of ether oxygens (including phenoxy) is 2. The first kappa shape index (κ1) is 38.0. The smallest absolute Gasteiger partial charge is 0.240 e. The molecule has 0 aliphatic carbocycles. The standard InChI is InChI=1S/2C22H20N2O5/c1-21-16(26)11-22(29-21,9-10-25)18-17(21)19(27)24(20(18)28)15-8-7-14(23-2)12-5-3-4-6-13(12)15;1-21-16(26)10-22(29-21,8-9-25)18-17(21)19(27)24(20(18)28)15-7-6-12(11-23)13-4-2-3-5-14(13)15/h3-8,16-18,25-26H,9-11H2,1H3;2-7,16-18,25-26H,8-10H2,1H3/t2*16-,17-,18+,21?,22?/m10/s1. The van der Waals surface area contributed by atoms with Gasteiger partial charge in [0.25, 0.3) is 0 Å². The molecule has 6 saturated heterocycles. The molecule has 6 fully saturated rings. The topological polar surface area (TPSA) is 202 Å². The zero-order valence-electron chi connectivity index (χ0n) is 31.7. The van der Waals surface area contributed by atoms with E-state index in [4.69, 9.17) is 16.0 Å². The van der Waals surface area contributed by atoms with E-state index in [9.17, 15) is 44.9 Å². The van der Waals surface area contributed by atoms with Crippen LogP contribution in [0.5, 0.6) is 0 Å². The molecular weight excluding hydrogens is 745 g/mol. The predicted octanol–water partition coefficient (Wildman–Crippen LogP) is 3.66. The molecule has 10 rings (SSSR count). The number of hydrogen-bond acceptors (Lipinski definition) is 11. The molecule has 4 N–H and O–H groups in total. The zero-order chi connectivity index (χ0) is 41.1. The summed E-state index contributed by atoms with van der Waals surface area (Å²) in [7, 11) is 0. The van der Waals surface area contributed by atoms with Crippen molar-refractivity contribution < 1.29 is 49.1 Å². The van der Waals surface area contributed by atoms with Gasteiger partial charge in [0.15, 0.2) is 5.69 Å². The average Bonchev–Trinajstić information content (AvgIpc) is 3.96. The number of aliphatic hydroxyl groups excluding tert-OH is 4. The molecule has 0 radical (unpaired) electrons. The van der Waals surface area contributed by atoms with Gasteiger partial charge in [-0.2, -0.15) is 5.26 Å². The number of carbonyl (C=O) groups is 4. The minimum absolute atomic E-state index is 0.182. The van der Waals surface area contributed by atoms with Crippen LogP contribution in [0.1, 0.15) is 45.1 Å². The lowest BCUT2D eigenvalue weighted by Crippen LogP contribution is -2.49. The summed E-state index contributed by atoms with van der Waals surface area (Å²) in [6.45, 7) is 10.3. The van der Waals surface area contributed by atoms with E-state index >= 15 is 0 Å². The van der Waals surface area contributed by atoms with Crippen molar-refractivity contribution in [2.45, 2.75) is 74.1 Å². The third kappa shape index (κ3) is 4.79. The van der Waals surface area contributed by atoms with Gasteiger partial charge in [-0.25, -0.2) is 14.6 Å². The van der Waals surface area contributed by atoms with Crippen LogP contribution in [0.2, 0.25) is 0 Å². The van der Waals surface area contributed by atoms with Gasteiger partial charge < -0.3 is 29.9 Å². The van der Waals surface area contributed by atoms with Crippen molar-refractivity contribution in [3.63, 3.8) is 0 Å². The fourth-order valence-corrected chi connectivity index (χ4v) is 11.2. The monoisotopic (exact) mass is 784 g/mol. The van der Waals surface area contributed by atoms with Crippen molar-refractivity contribution in [1.29, 1.82) is 5.26 Å². The maximum Gasteiger partial charge on any atom is 0.240 e. The largest absolute Gasteiger partial charge is 0.396 e. The van der Waals surface area contributed by atoms with Gasteiger partial charge in [0.05, 0.1) is 76.7 Å². The van der Waals surface area contributed by atoms with Crippen LogP contribution in [0, 0.1) is 41.6 Å². The zero-order valence-corrected chi connectivity index (χ0v) is 31.7. The molecule has 4 bridgehead atoms. The molecule has 14 nitrogen and oxygen atoms in total. The number of anilines is 2. The average molecular weight is 785 g/mol. The molecule has 0 spiro atoms. The third-order valence-corrected chi connectivity index (χ3v) is 13.8. The van der Waals surface area contributed by atoms with Gasteiger partial charge in [0.2, 0.25) is 23.6 Å². The first-order valence-electron chi connectivity index (χ1n) is 19.3. The number of rotatable bonds is 6. The van der Waals surface area contributed by atoms with Crippen molar-refractivity contribution in [2.24, 2.45) is 23.7 Å². The molecule has 4 aromatic rings. The summed E-state index contributed by atoms with van der Waals surface area (Å²) in [6, 6.07) is 23.0. The van der Waals surface area contributed by atoms with Gasteiger partial charge in [-0.3, -0.25) is 19.2 Å². The normalized spacial score (nSPS) is 35.4. The molecule has 10 atom stereocenters. The Morgan fingerprint density at radius 2 is 1.09 bits per heavy atom. The van der Waals surface area contributed by atoms with Crippen LogP contribution in [0.4, 0.5) is 17.1 Å². The van der Waals surface area contributed by atoms with Gasteiger partial charge >= 0.3 is 0 Å². The van der Waals surface area contributed by atoms with Crippen molar-refractivity contribution in [3.05, 3.63) is 89.8 Å². The van der Waals surface area contributed by atoms with Gasteiger partial charge in [-0.05, 0) is 42.8 Å². The number of hydrogen-bond donors (Lipinski definition) is 4. The lowest BCUT2D eigenvalue weighted by atomic mass is 9.66. The molecule has 4 amide bonds. The molecule has 6 aliphatic rings. The molecule has 6 aliphatic heterocycles. The number of amides is 4. The Labute approximate surface area is 332 Å². The summed E-state index contributed by atoms with van der Waals surface area (Å²) in [5.41, 5.74) is -2.62. The molecule has 6 heterocycles. The molecule has 58 heavy (non-hydrogen) atoms. The van der Waals surface area contributed by atoms with E-state index in [2.05, 4.69) is 10.9 Å². The number of fused-ring (bicyclic) bond motifs is 12. The highest BCUT2D eigenvalue weighted by Gasteiger charge is 2.78. The second kappa shape index (κ2) is 13.0. The quantitative estimate of drug-likeness (QED) is 0.164. The predicted molar refractivity (Wildman–Crippen MR) is 207 cm³/mol. The minimum atomic E-state index is -1.16. The molecule has 296 valence electrons. The second-order valence-corrected chi connectivity index (χ2v) is 16.6. The molecule has 4 unspecified atom stereocenters. The molecule has 0 aromatic heterocycles. The van der Waals surface area contributed by atoms with E-state index in [0.717, 1.165) is 0 Å². The van der Waals surface area contributed by atoms with Gasteiger partial charge in [-0.1, -0.05) is 54.6 Å². The van der Waals surface area contributed by atoms with E-state index < -0.39 is 70.1 Å². The van der Waals surface area contributed by atoms with Crippen molar-refractivity contribution in [3.8, 4) is 6.07 Å². The Kier molecular flexibility index (Phi) is 8.49. The van der Waals surface area contributed by atoms with E-state index in [1.54, 1.807) is 80.6 Å². The molecule has 4 aromatic carbocycles. The summed E-state index contributed by atoms with van der Waals surface area (Å²) in [4.78, 5) is 59.9. The maximum absolute atomic E-state index is 13.5. The van der Waals surface area contributed by atoms with Crippen LogP contribution in [-0.4, -0.2) is 91.9 Å². The number of nitriles is 1. The number of nitrogens with zero attached hydrogens (tertiary/aromatic N) is 4. The first-order valence-corrected chi connectivity index (χ1v) is 19.3. The van der Waals surface area contributed by atoms with Gasteiger partial charge in [-0.15, -0.1) is 0 Å². The second-order valence-electron chi connectivity index (χ2n) is 16.6. The SMILES string of the molecule is CC12OC(CCO)(C[C@@H]1O)[C@H]1C(=O)N(c3ccc(C#N)c4ccccc34)C(=O)[C@H]12.[C-]#[N+]c1ccc(N2C(=O)[C@@H]3[C@H](C2=O)C2(C)OC3(CCO)C[C@H]2O)c2ccccc12. The number of aliphatic hydroxyl groups is 4. The van der Waals surface area contributed by atoms with Crippen molar-refractivity contribution >= 4 is 62.2 Å². The lowest BCUT2D eigenvalue weighted by Gasteiger charge is -2.33. The summed E-state index contributed by atoms with van der Waals surface area (Å²) in [5.74, 6) is -4.65. The summed E-state index contributed by atoms with van der Waals surface area (Å²) >= 11 is 0. The highest BCUT2D eigenvalue weighted by Crippen LogP contribution is 2.64. The van der Waals surface area contributed by atoms with Crippen molar-refractivity contribution in [1.82, 2.24) is 0 Å². The number of benzene rings is 4. The Hall–Kier alpha value is -5.58. The van der Waals surface area contributed by atoms with Crippen LogP contribution in [0.25, 0.3) is 26.4 Å². The van der Waals surface area contributed by atoms with Crippen LogP contribution >= 0.6 is 0 Å². The van der Waals surface area contributed by atoms with Gasteiger partial charge in [0.1, 0.15) is 11.2 Å².